The third kappa shape index (κ3) is 6.76. The van der Waals surface area contributed by atoms with Crippen molar-refractivity contribution in [2.24, 2.45) is 0 Å². The molecule has 0 aromatic heterocycles. The summed E-state index contributed by atoms with van der Waals surface area (Å²) >= 11 is 0. The Labute approximate surface area is 197 Å². The third-order valence-corrected chi connectivity index (χ3v) is 5.84. The molecular formula is C27H27F3O4. The summed E-state index contributed by atoms with van der Waals surface area (Å²) in [7, 11) is 0. The molecule has 0 heterocycles. The second-order valence-corrected chi connectivity index (χ2v) is 8.65. The highest BCUT2D eigenvalue weighted by Crippen LogP contribution is 2.34. The summed E-state index contributed by atoms with van der Waals surface area (Å²) in [6, 6.07) is 18.7. The average Bonchev–Trinajstić information content (AvgIpc) is 2.78. The number of alkyl halides is 3. The molecule has 0 unspecified atom stereocenters. The van der Waals surface area contributed by atoms with Crippen LogP contribution in [0, 0.1) is 0 Å². The van der Waals surface area contributed by atoms with Gasteiger partial charge in [-0.05, 0) is 70.8 Å². The Hall–Kier alpha value is -3.48. The summed E-state index contributed by atoms with van der Waals surface area (Å²) in [6.45, 7) is 6.47. The number of carbonyl (C=O) groups is 1. The van der Waals surface area contributed by atoms with E-state index in [4.69, 9.17) is 9.84 Å². The highest BCUT2D eigenvalue weighted by Gasteiger charge is 2.31. The SMILES string of the molecule is CCC(C)(C)c1ccc(Oc2cc(-c3ccc(OC(F)(F)F)cc3)ccc2CCC(=O)O)cc1. The normalized spacial score (nSPS) is 11.8. The van der Waals surface area contributed by atoms with Gasteiger partial charge in [-0.3, -0.25) is 4.79 Å². The molecule has 0 aliphatic heterocycles. The van der Waals surface area contributed by atoms with Crippen molar-refractivity contribution in [2.75, 3.05) is 0 Å². The molecule has 0 aliphatic rings. The van der Waals surface area contributed by atoms with Crippen molar-refractivity contribution in [1.82, 2.24) is 0 Å². The topological polar surface area (TPSA) is 55.8 Å². The minimum atomic E-state index is -4.75. The molecule has 0 fully saturated rings. The average molecular weight is 473 g/mol. The maximum absolute atomic E-state index is 12.4. The van der Waals surface area contributed by atoms with Gasteiger partial charge in [-0.25, -0.2) is 0 Å². The maximum Gasteiger partial charge on any atom is 0.573 e. The molecule has 34 heavy (non-hydrogen) atoms. The zero-order valence-corrected chi connectivity index (χ0v) is 19.3. The smallest absolute Gasteiger partial charge is 0.481 e. The van der Waals surface area contributed by atoms with E-state index in [1.807, 2.05) is 24.3 Å². The van der Waals surface area contributed by atoms with E-state index in [1.165, 1.54) is 29.8 Å². The first kappa shape index (κ1) is 25.1. The van der Waals surface area contributed by atoms with Gasteiger partial charge in [-0.2, -0.15) is 0 Å². The minimum Gasteiger partial charge on any atom is -0.481 e. The van der Waals surface area contributed by atoms with Crippen LogP contribution in [0.5, 0.6) is 17.2 Å². The van der Waals surface area contributed by atoms with Gasteiger partial charge in [0.25, 0.3) is 0 Å². The number of aryl methyl sites for hydroxylation is 1. The van der Waals surface area contributed by atoms with E-state index in [1.54, 1.807) is 18.2 Å². The second kappa shape index (κ2) is 10.2. The molecule has 0 spiro atoms. The molecule has 0 amide bonds. The molecule has 180 valence electrons. The number of benzene rings is 3. The van der Waals surface area contributed by atoms with Crippen molar-refractivity contribution in [1.29, 1.82) is 0 Å². The van der Waals surface area contributed by atoms with Crippen molar-refractivity contribution in [3.05, 3.63) is 77.9 Å². The van der Waals surface area contributed by atoms with Crippen molar-refractivity contribution in [3.8, 4) is 28.4 Å². The lowest BCUT2D eigenvalue weighted by atomic mass is 9.82. The van der Waals surface area contributed by atoms with Gasteiger partial charge in [-0.1, -0.05) is 57.2 Å². The molecule has 0 atom stereocenters. The molecule has 0 aliphatic carbocycles. The Balaban J connectivity index is 1.89. The predicted octanol–water partition coefficient (Wildman–Crippen LogP) is 7.75. The zero-order valence-electron chi connectivity index (χ0n) is 19.3. The van der Waals surface area contributed by atoms with E-state index in [0.29, 0.717) is 17.1 Å². The predicted molar refractivity (Wildman–Crippen MR) is 124 cm³/mol. The van der Waals surface area contributed by atoms with Crippen LogP contribution in [0.15, 0.2) is 66.7 Å². The molecule has 4 nitrogen and oxygen atoms in total. The maximum atomic E-state index is 12.4. The number of ether oxygens (including phenoxy) is 2. The van der Waals surface area contributed by atoms with E-state index < -0.39 is 12.3 Å². The van der Waals surface area contributed by atoms with Gasteiger partial charge in [-0.15, -0.1) is 13.2 Å². The number of hydrogen-bond acceptors (Lipinski definition) is 3. The van der Waals surface area contributed by atoms with E-state index in [0.717, 1.165) is 17.5 Å². The number of halogens is 3. The molecule has 1 N–H and O–H groups in total. The van der Waals surface area contributed by atoms with Gasteiger partial charge in [0.15, 0.2) is 0 Å². The lowest BCUT2D eigenvalue weighted by Gasteiger charge is -2.23. The monoisotopic (exact) mass is 472 g/mol. The van der Waals surface area contributed by atoms with Crippen LogP contribution in [0.25, 0.3) is 11.1 Å². The van der Waals surface area contributed by atoms with Gasteiger partial charge < -0.3 is 14.6 Å². The van der Waals surface area contributed by atoms with Crippen molar-refractivity contribution in [3.63, 3.8) is 0 Å². The highest BCUT2D eigenvalue weighted by atomic mass is 19.4. The molecule has 3 aromatic rings. The van der Waals surface area contributed by atoms with E-state index in [2.05, 4.69) is 25.5 Å². The quantitative estimate of drug-likeness (QED) is 0.346. The van der Waals surface area contributed by atoms with Gasteiger partial charge in [0, 0.05) is 6.42 Å². The summed E-state index contributed by atoms with van der Waals surface area (Å²) < 4.78 is 47.3. The van der Waals surface area contributed by atoms with Gasteiger partial charge in [0.1, 0.15) is 17.2 Å². The van der Waals surface area contributed by atoms with E-state index in [-0.39, 0.29) is 24.0 Å². The van der Waals surface area contributed by atoms with Crippen LogP contribution in [0.1, 0.15) is 44.7 Å². The van der Waals surface area contributed by atoms with Crippen LogP contribution in [0.2, 0.25) is 0 Å². The standard InChI is InChI=1S/C27H27F3O4/c1-4-26(2,3)21-10-14-22(15-11-21)33-24-17-20(6-5-19(24)9-16-25(31)32)18-7-12-23(13-8-18)34-27(28,29)30/h5-8,10-15,17H,4,9,16H2,1-3H3,(H,31,32). The fourth-order valence-corrected chi connectivity index (χ4v) is 3.43. The number of aliphatic carboxylic acids is 1. The first-order valence-corrected chi connectivity index (χ1v) is 11.0. The van der Waals surface area contributed by atoms with E-state index >= 15 is 0 Å². The van der Waals surface area contributed by atoms with Crippen molar-refractivity contribution >= 4 is 5.97 Å². The minimum absolute atomic E-state index is 0.0348. The number of hydrogen-bond donors (Lipinski definition) is 1. The lowest BCUT2D eigenvalue weighted by molar-refractivity contribution is -0.274. The Morgan fingerprint density at radius 1 is 0.882 bits per heavy atom. The largest absolute Gasteiger partial charge is 0.573 e. The summed E-state index contributed by atoms with van der Waals surface area (Å²) in [6.07, 6.45) is -3.54. The van der Waals surface area contributed by atoms with Crippen LogP contribution in [0.3, 0.4) is 0 Å². The Kier molecular flexibility index (Phi) is 7.54. The first-order valence-electron chi connectivity index (χ1n) is 11.0. The zero-order chi connectivity index (χ0) is 24.9. The van der Waals surface area contributed by atoms with Crippen LogP contribution < -0.4 is 9.47 Å². The third-order valence-electron chi connectivity index (χ3n) is 5.84. The number of rotatable bonds is 9. The molecule has 0 saturated carbocycles. The summed E-state index contributed by atoms with van der Waals surface area (Å²) in [5, 5.41) is 9.09. The van der Waals surface area contributed by atoms with Crippen LogP contribution >= 0.6 is 0 Å². The number of carboxylic acid groups (broad SMARTS) is 1. The van der Waals surface area contributed by atoms with Crippen molar-refractivity contribution in [2.45, 2.75) is 51.8 Å². The van der Waals surface area contributed by atoms with Crippen LogP contribution in [-0.2, 0) is 16.6 Å². The Morgan fingerprint density at radius 3 is 2.03 bits per heavy atom. The number of carboxylic acids is 1. The van der Waals surface area contributed by atoms with E-state index in [9.17, 15) is 18.0 Å². The van der Waals surface area contributed by atoms with Crippen LogP contribution in [0.4, 0.5) is 13.2 Å². The lowest BCUT2D eigenvalue weighted by Crippen LogP contribution is -2.16. The molecular weight excluding hydrogens is 445 g/mol. The second-order valence-electron chi connectivity index (χ2n) is 8.65. The fourth-order valence-electron chi connectivity index (χ4n) is 3.43. The summed E-state index contributed by atoms with van der Waals surface area (Å²) in [4.78, 5) is 11.1. The Morgan fingerprint density at radius 2 is 1.47 bits per heavy atom. The molecule has 0 radical (unpaired) electrons. The Bertz CT molecular complexity index is 1120. The summed E-state index contributed by atoms with van der Waals surface area (Å²) in [5.41, 5.74) is 3.33. The van der Waals surface area contributed by atoms with Gasteiger partial charge >= 0.3 is 12.3 Å². The highest BCUT2D eigenvalue weighted by molar-refractivity contribution is 5.69. The van der Waals surface area contributed by atoms with Crippen LogP contribution in [-0.4, -0.2) is 17.4 Å². The van der Waals surface area contributed by atoms with Gasteiger partial charge in [0.05, 0.1) is 0 Å². The van der Waals surface area contributed by atoms with Gasteiger partial charge in [0.2, 0.25) is 0 Å². The van der Waals surface area contributed by atoms with Crippen molar-refractivity contribution < 1.29 is 32.5 Å². The first-order chi connectivity index (χ1) is 16.0. The molecule has 0 saturated heterocycles. The molecule has 7 heteroatoms. The fraction of sp³-hybridized carbons (Fsp3) is 0.296. The molecule has 0 bridgehead atoms. The molecule has 3 aromatic carbocycles. The summed E-state index contributed by atoms with van der Waals surface area (Å²) in [5.74, 6) is -0.113. The molecule has 3 rings (SSSR count).